The second-order valence-corrected chi connectivity index (χ2v) is 3.27. The van der Waals surface area contributed by atoms with E-state index in [2.05, 4.69) is 12.0 Å². The summed E-state index contributed by atoms with van der Waals surface area (Å²) >= 11 is 0. The van der Waals surface area contributed by atoms with Crippen molar-refractivity contribution < 1.29 is 19.0 Å². The fourth-order valence-electron chi connectivity index (χ4n) is 1.22. The van der Waals surface area contributed by atoms with Gasteiger partial charge in [-0.1, -0.05) is 30.3 Å². The zero-order valence-corrected chi connectivity index (χ0v) is 10.5. The Hall–Kier alpha value is -2.15. The maximum atomic E-state index is 11.3. The lowest BCUT2D eigenvalue weighted by molar-refractivity contribution is 0.0424. The van der Waals surface area contributed by atoms with Crippen LogP contribution in [0, 0.1) is 12.0 Å². The van der Waals surface area contributed by atoms with E-state index >= 15 is 0 Å². The van der Waals surface area contributed by atoms with Crippen molar-refractivity contribution in [3.63, 3.8) is 0 Å². The summed E-state index contributed by atoms with van der Waals surface area (Å²) in [7, 11) is 0. The lowest BCUT2D eigenvalue weighted by Gasteiger charge is -2.11. The molecule has 1 atom stereocenters. The number of rotatable bonds is 4. The van der Waals surface area contributed by atoms with E-state index in [9.17, 15) is 4.79 Å². The number of benzene rings is 1. The van der Waals surface area contributed by atoms with Gasteiger partial charge in [0.2, 0.25) is 0 Å². The molecule has 0 saturated heterocycles. The van der Waals surface area contributed by atoms with E-state index in [0.29, 0.717) is 6.61 Å². The maximum absolute atomic E-state index is 11.3. The van der Waals surface area contributed by atoms with Crippen molar-refractivity contribution in [2.24, 2.45) is 0 Å². The van der Waals surface area contributed by atoms with Crippen molar-refractivity contribution in [2.75, 3.05) is 13.2 Å². The van der Waals surface area contributed by atoms with Crippen LogP contribution in [-0.4, -0.2) is 19.4 Å². The normalized spacial score (nSPS) is 10.8. The highest BCUT2D eigenvalue weighted by Crippen LogP contribution is 2.16. The second-order valence-electron chi connectivity index (χ2n) is 3.27. The van der Waals surface area contributed by atoms with Crippen molar-refractivity contribution in [1.82, 2.24) is 0 Å². The molecule has 0 spiro atoms. The van der Waals surface area contributed by atoms with Crippen LogP contribution in [0.1, 0.15) is 25.5 Å². The van der Waals surface area contributed by atoms with Crippen molar-refractivity contribution in [2.45, 2.75) is 20.0 Å². The van der Waals surface area contributed by atoms with Crippen LogP contribution < -0.4 is 0 Å². The van der Waals surface area contributed by atoms with Crippen LogP contribution in [0.3, 0.4) is 0 Å². The van der Waals surface area contributed by atoms with Gasteiger partial charge in [0, 0.05) is 5.56 Å². The minimum absolute atomic E-state index is 0.263. The van der Waals surface area contributed by atoms with Crippen LogP contribution in [-0.2, 0) is 14.2 Å². The molecule has 0 aliphatic heterocycles. The Bertz CT molecular complexity index is 416. The quantitative estimate of drug-likeness (QED) is 0.607. The monoisotopic (exact) mass is 248 g/mol. The lowest BCUT2D eigenvalue weighted by atomic mass is 10.1. The minimum atomic E-state index is -0.739. The molecule has 0 aliphatic carbocycles. The Morgan fingerprint density at radius 1 is 1.22 bits per heavy atom. The van der Waals surface area contributed by atoms with Crippen LogP contribution in [0.15, 0.2) is 30.3 Å². The molecule has 1 aromatic rings. The number of hydrogen-bond acceptors (Lipinski definition) is 4. The molecule has 1 unspecified atom stereocenters. The highest BCUT2D eigenvalue weighted by molar-refractivity contribution is 5.60. The van der Waals surface area contributed by atoms with Gasteiger partial charge in [0.05, 0.1) is 13.2 Å². The van der Waals surface area contributed by atoms with E-state index in [-0.39, 0.29) is 6.61 Å². The highest BCUT2D eigenvalue weighted by atomic mass is 16.7. The molecule has 4 heteroatoms. The van der Waals surface area contributed by atoms with E-state index in [1.54, 1.807) is 6.92 Å². The summed E-state index contributed by atoms with van der Waals surface area (Å²) in [5.41, 5.74) is 0.776. The van der Waals surface area contributed by atoms with Crippen molar-refractivity contribution in [3.8, 4) is 12.0 Å². The summed E-state index contributed by atoms with van der Waals surface area (Å²) in [6.07, 6.45) is 1.08. The molecule has 0 aromatic heterocycles. The van der Waals surface area contributed by atoms with Gasteiger partial charge in [-0.05, 0) is 19.8 Å². The molecule has 0 fully saturated rings. The molecule has 0 heterocycles. The third-order valence-corrected chi connectivity index (χ3v) is 1.99. The first-order valence-corrected chi connectivity index (χ1v) is 5.78. The molecular formula is C14H16O4. The molecule has 0 radical (unpaired) electrons. The van der Waals surface area contributed by atoms with Crippen LogP contribution in [0.25, 0.3) is 0 Å². The van der Waals surface area contributed by atoms with Gasteiger partial charge < -0.3 is 14.2 Å². The first-order chi connectivity index (χ1) is 8.77. The molecule has 18 heavy (non-hydrogen) atoms. The van der Waals surface area contributed by atoms with Gasteiger partial charge in [-0.25, -0.2) is 4.79 Å². The molecule has 0 saturated carbocycles. The Labute approximate surface area is 107 Å². The van der Waals surface area contributed by atoms with Crippen LogP contribution in [0.4, 0.5) is 4.79 Å². The fourth-order valence-corrected chi connectivity index (χ4v) is 1.22. The molecule has 4 nitrogen and oxygen atoms in total. The van der Waals surface area contributed by atoms with Gasteiger partial charge in [0.15, 0.2) is 6.10 Å². The average molecular weight is 248 g/mol. The zero-order valence-electron chi connectivity index (χ0n) is 10.5. The van der Waals surface area contributed by atoms with Gasteiger partial charge in [-0.3, -0.25) is 0 Å². The summed E-state index contributed by atoms with van der Waals surface area (Å²) in [5.74, 6) is 2.73. The van der Waals surface area contributed by atoms with Gasteiger partial charge >= 0.3 is 6.16 Å². The van der Waals surface area contributed by atoms with E-state index in [1.807, 2.05) is 37.3 Å². The summed E-state index contributed by atoms with van der Waals surface area (Å²) < 4.78 is 14.8. The van der Waals surface area contributed by atoms with Crippen molar-refractivity contribution in [3.05, 3.63) is 35.9 Å². The van der Waals surface area contributed by atoms with E-state index < -0.39 is 12.3 Å². The second kappa shape index (κ2) is 8.02. The molecule has 1 rings (SSSR count). The summed E-state index contributed by atoms with van der Waals surface area (Å²) in [5, 5.41) is 0. The van der Waals surface area contributed by atoms with Gasteiger partial charge in [0.25, 0.3) is 0 Å². The van der Waals surface area contributed by atoms with Crippen molar-refractivity contribution >= 4 is 6.16 Å². The molecule has 96 valence electrons. The molecule has 0 amide bonds. The fraction of sp³-hybridized carbons (Fsp3) is 0.357. The number of carbonyl (C=O) groups is 1. The summed E-state index contributed by atoms with van der Waals surface area (Å²) in [6, 6.07) is 9.22. The van der Waals surface area contributed by atoms with Gasteiger partial charge in [0.1, 0.15) is 6.11 Å². The van der Waals surface area contributed by atoms with Gasteiger partial charge in [-0.2, -0.15) is 0 Å². The van der Waals surface area contributed by atoms with Gasteiger partial charge in [-0.15, -0.1) is 0 Å². The molecule has 0 aliphatic rings. The Morgan fingerprint density at radius 3 is 2.56 bits per heavy atom. The van der Waals surface area contributed by atoms with Crippen LogP contribution >= 0.6 is 0 Å². The highest BCUT2D eigenvalue weighted by Gasteiger charge is 2.14. The van der Waals surface area contributed by atoms with Crippen LogP contribution in [0.5, 0.6) is 0 Å². The average Bonchev–Trinajstić information content (AvgIpc) is 2.39. The number of carbonyl (C=O) groups excluding carboxylic acids is 1. The molecular weight excluding hydrogens is 232 g/mol. The van der Waals surface area contributed by atoms with E-state index in [0.717, 1.165) is 5.56 Å². The third kappa shape index (κ3) is 4.79. The smallest absolute Gasteiger partial charge is 0.447 e. The first-order valence-electron chi connectivity index (χ1n) is 5.78. The third-order valence-electron chi connectivity index (χ3n) is 1.99. The molecule has 1 aromatic carbocycles. The first kappa shape index (κ1) is 13.9. The van der Waals surface area contributed by atoms with E-state index in [1.165, 1.54) is 0 Å². The lowest BCUT2D eigenvalue weighted by Crippen LogP contribution is -2.11. The Balaban J connectivity index is 2.76. The Kier molecular flexibility index (Phi) is 6.20. The zero-order chi connectivity index (χ0) is 13.2. The number of hydrogen-bond donors (Lipinski definition) is 0. The van der Waals surface area contributed by atoms with E-state index in [4.69, 9.17) is 14.2 Å². The molecule has 0 N–H and O–H groups in total. The van der Waals surface area contributed by atoms with Crippen molar-refractivity contribution in [1.29, 1.82) is 0 Å². The SMILES string of the molecule is CCOC#CC(OC(=O)OCC)c1ccccc1. The summed E-state index contributed by atoms with van der Waals surface area (Å²) in [4.78, 5) is 11.3. The predicted molar refractivity (Wildman–Crippen MR) is 66.7 cm³/mol. The summed E-state index contributed by atoms with van der Waals surface area (Å²) in [6.45, 7) is 4.29. The topological polar surface area (TPSA) is 44.8 Å². The molecule has 0 bridgehead atoms. The number of ether oxygens (including phenoxy) is 3. The standard InChI is InChI=1S/C14H16O4/c1-3-16-11-10-13(18-14(15)17-4-2)12-8-6-5-7-9-12/h5-9,13H,3-4H2,1-2H3. The maximum Gasteiger partial charge on any atom is 0.509 e. The predicted octanol–water partition coefficient (Wildman–Crippen LogP) is 2.90. The minimum Gasteiger partial charge on any atom is -0.447 e. The largest absolute Gasteiger partial charge is 0.509 e. The van der Waals surface area contributed by atoms with Crippen LogP contribution in [0.2, 0.25) is 0 Å². The Morgan fingerprint density at radius 2 is 1.94 bits per heavy atom.